The van der Waals surface area contributed by atoms with E-state index in [0.29, 0.717) is 13.1 Å². The van der Waals surface area contributed by atoms with Gasteiger partial charge in [-0.1, -0.05) is 43.3 Å². The van der Waals surface area contributed by atoms with E-state index >= 15 is 0 Å². The summed E-state index contributed by atoms with van der Waals surface area (Å²) in [6, 6.07) is 15.5. The molecule has 0 saturated heterocycles. The van der Waals surface area contributed by atoms with Crippen molar-refractivity contribution in [3.05, 3.63) is 87.4 Å². The topological polar surface area (TPSA) is 52.7 Å². The first-order chi connectivity index (χ1) is 16.3. The summed E-state index contributed by atoms with van der Waals surface area (Å²) in [4.78, 5) is 31.2. The summed E-state index contributed by atoms with van der Waals surface area (Å²) in [7, 11) is 0. The van der Waals surface area contributed by atoms with Gasteiger partial charge in [0.2, 0.25) is 5.91 Å². The molecule has 3 aromatic rings. The van der Waals surface area contributed by atoms with E-state index in [2.05, 4.69) is 5.32 Å². The Bertz CT molecular complexity index is 1080. The van der Waals surface area contributed by atoms with Crippen LogP contribution in [0, 0.1) is 19.7 Å². The summed E-state index contributed by atoms with van der Waals surface area (Å²) in [6.45, 7) is 8.57. The molecular weight excluding hydrogens is 449 g/mol. The Morgan fingerprint density at radius 3 is 2.26 bits per heavy atom. The Hall–Kier alpha value is -3.19. The summed E-state index contributed by atoms with van der Waals surface area (Å²) in [5.41, 5.74) is 3.55. The van der Waals surface area contributed by atoms with Crippen LogP contribution < -0.4 is 5.32 Å². The third-order valence-electron chi connectivity index (χ3n) is 5.97. The van der Waals surface area contributed by atoms with Gasteiger partial charge in [0.15, 0.2) is 0 Å². The molecule has 0 bridgehead atoms. The fourth-order valence-corrected chi connectivity index (χ4v) is 4.44. The largest absolute Gasteiger partial charge is 0.332 e. The summed E-state index contributed by atoms with van der Waals surface area (Å²) in [5, 5.41) is 4.99. The lowest BCUT2D eigenvalue weighted by Gasteiger charge is -2.31. The number of nitrogens with zero attached hydrogens (tertiary/aromatic N) is 2. The van der Waals surface area contributed by atoms with Crippen LogP contribution in [0.5, 0.6) is 0 Å². The third-order valence-corrected chi connectivity index (χ3v) is 6.83. The second-order valence-electron chi connectivity index (χ2n) is 8.54. The number of hydrogen-bond donors (Lipinski definition) is 1. The van der Waals surface area contributed by atoms with Crippen LogP contribution in [0.2, 0.25) is 0 Å². The van der Waals surface area contributed by atoms with Crippen molar-refractivity contribution in [2.24, 2.45) is 0 Å². The minimum absolute atomic E-state index is 0.0433. The van der Waals surface area contributed by atoms with Crippen molar-refractivity contribution in [2.75, 3.05) is 11.9 Å². The number of para-hydroxylation sites is 1. The van der Waals surface area contributed by atoms with E-state index in [0.717, 1.165) is 33.7 Å². The van der Waals surface area contributed by atoms with Gasteiger partial charge >= 0.3 is 6.03 Å². The number of hydrogen-bond acceptors (Lipinski definition) is 3. The second kappa shape index (κ2) is 11.8. The van der Waals surface area contributed by atoms with Crippen molar-refractivity contribution in [2.45, 2.75) is 53.2 Å². The van der Waals surface area contributed by atoms with Crippen molar-refractivity contribution >= 4 is 29.0 Å². The molecule has 1 unspecified atom stereocenters. The van der Waals surface area contributed by atoms with Crippen molar-refractivity contribution in [3.63, 3.8) is 0 Å². The molecule has 0 spiro atoms. The van der Waals surface area contributed by atoms with Crippen LogP contribution in [0.25, 0.3) is 0 Å². The van der Waals surface area contributed by atoms with Gasteiger partial charge in [-0.15, -0.1) is 11.3 Å². The first-order valence-electron chi connectivity index (χ1n) is 11.5. The minimum atomic E-state index is -0.314. The van der Waals surface area contributed by atoms with Crippen molar-refractivity contribution in [1.29, 1.82) is 0 Å². The molecule has 0 aliphatic heterocycles. The molecule has 34 heavy (non-hydrogen) atoms. The molecule has 0 fully saturated rings. The molecule has 7 heteroatoms. The zero-order valence-corrected chi connectivity index (χ0v) is 21.0. The number of amides is 3. The molecule has 0 radical (unpaired) electrons. The smallest absolute Gasteiger partial charge is 0.322 e. The quantitative estimate of drug-likeness (QED) is 0.386. The fourth-order valence-electron chi connectivity index (χ4n) is 3.72. The average molecular weight is 482 g/mol. The maximum absolute atomic E-state index is 13.5. The maximum atomic E-state index is 13.5. The van der Waals surface area contributed by atoms with E-state index in [9.17, 15) is 14.0 Å². The number of carbonyl (C=O) groups is 2. The van der Waals surface area contributed by atoms with Gasteiger partial charge in [0.05, 0.1) is 6.54 Å². The van der Waals surface area contributed by atoms with Crippen LogP contribution in [0.15, 0.2) is 60.0 Å². The van der Waals surface area contributed by atoms with Gasteiger partial charge in [0.25, 0.3) is 0 Å². The van der Waals surface area contributed by atoms with Crippen LogP contribution in [-0.4, -0.2) is 34.3 Å². The number of anilines is 1. The first kappa shape index (κ1) is 25.4. The molecule has 0 saturated carbocycles. The van der Waals surface area contributed by atoms with E-state index in [1.54, 1.807) is 33.3 Å². The number of rotatable bonds is 9. The van der Waals surface area contributed by atoms with Gasteiger partial charge in [-0.25, -0.2) is 9.18 Å². The highest BCUT2D eigenvalue weighted by atomic mass is 32.1. The molecular formula is C27H32FN3O2S. The Labute approximate surface area is 205 Å². The zero-order valence-electron chi connectivity index (χ0n) is 20.2. The number of halogens is 1. The Balaban J connectivity index is 1.80. The molecule has 1 heterocycles. The lowest BCUT2D eigenvalue weighted by Crippen LogP contribution is -2.48. The van der Waals surface area contributed by atoms with Crippen LogP contribution in [0.1, 0.15) is 41.8 Å². The normalized spacial score (nSPS) is 11.7. The molecule has 1 N–H and O–H groups in total. The maximum Gasteiger partial charge on any atom is 0.322 e. The highest BCUT2D eigenvalue weighted by Gasteiger charge is 2.26. The van der Waals surface area contributed by atoms with Crippen LogP contribution >= 0.6 is 11.3 Å². The SMILES string of the molecule is CCC(C)N(CC(=O)N(Cc1ccc(F)cc1)Cc1cccs1)C(=O)Nc1c(C)cccc1C. The molecule has 2 aromatic carbocycles. The van der Waals surface area contributed by atoms with Gasteiger partial charge < -0.3 is 15.1 Å². The summed E-state index contributed by atoms with van der Waals surface area (Å²) >= 11 is 1.58. The predicted molar refractivity (Wildman–Crippen MR) is 136 cm³/mol. The van der Waals surface area contributed by atoms with Crippen molar-refractivity contribution < 1.29 is 14.0 Å². The van der Waals surface area contributed by atoms with Gasteiger partial charge in [0.1, 0.15) is 12.4 Å². The number of benzene rings is 2. The van der Waals surface area contributed by atoms with Gasteiger partial charge in [-0.3, -0.25) is 4.79 Å². The van der Waals surface area contributed by atoms with E-state index in [4.69, 9.17) is 0 Å². The minimum Gasteiger partial charge on any atom is -0.332 e. The van der Waals surface area contributed by atoms with Crippen LogP contribution in [-0.2, 0) is 17.9 Å². The van der Waals surface area contributed by atoms with E-state index < -0.39 is 0 Å². The molecule has 5 nitrogen and oxygen atoms in total. The summed E-state index contributed by atoms with van der Waals surface area (Å²) in [5.74, 6) is -0.472. The molecule has 1 atom stereocenters. The Morgan fingerprint density at radius 1 is 1.00 bits per heavy atom. The van der Waals surface area contributed by atoms with Crippen molar-refractivity contribution in [3.8, 4) is 0 Å². The van der Waals surface area contributed by atoms with Gasteiger partial charge in [-0.2, -0.15) is 0 Å². The molecule has 0 aliphatic carbocycles. The molecule has 1 aromatic heterocycles. The Kier molecular flexibility index (Phi) is 8.82. The Morgan fingerprint density at radius 2 is 1.68 bits per heavy atom. The number of nitrogens with one attached hydrogen (secondary N) is 1. The standard InChI is InChI=1S/C27H32FN3O2S/c1-5-21(4)31(27(33)29-26-19(2)8-6-9-20(26)3)18-25(32)30(17-24-10-7-15-34-24)16-22-11-13-23(28)14-12-22/h6-15,21H,5,16-18H2,1-4H3,(H,29,33). The van der Waals surface area contributed by atoms with Gasteiger partial charge in [-0.05, 0) is 67.5 Å². The molecule has 3 amide bonds. The molecule has 180 valence electrons. The fraction of sp³-hybridized carbons (Fsp3) is 0.333. The summed E-state index contributed by atoms with van der Waals surface area (Å²) < 4.78 is 13.4. The number of urea groups is 1. The third kappa shape index (κ3) is 6.67. The van der Waals surface area contributed by atoms with E-state index in [1.165, 1.54) is 12.1 Å². The van der Waals surface area contributed by atoms with Gasteiger partial charge in [0, 0.05) is 23.2 Å². The highest BCUT2D eigenvalue weighted by Crippen LogP contribution is 2.21. The van der Waals surface area contributed by atoms with E-state index in [1.807, 2.05) is 63.4 Å². The monoisotopic (exact) mass is 481 g/mol. The van der Waals surface area contributed by atoms with Crippen molar-refractivity contribution in [1.82, 2.24) is 9.80 Å². The lowest BCUT2D eigenvalue weighted by atomic mass is 10.1. The number of thiophene rings is 1. The molecule has 3 rings (SSSR count). The zero-order chi connectivity index (χ0) is 24.7. The lowest BCUT2D eigenvalue weighted by molar-refractivity contribution is -0.133. The second-order valence-corrected chi connectivity index (χ2v) is 9.57. The average Bonchev–Trinajstić information content (AvgIpc) is 3.33. The highest BCUT2D eigenvalue weighted by molar-refractivity contribution is 7.09. The van der Waals surface area contributed by atoms with E-state index in [-0.39, 0.29) is 30.3 Å². The van der Waals surface area contributed by atoms with Crippen LogP contribution in [0.4, 0.5) is 14.9 Å². The molecule has 0 aliphatic rings. The number of aryl methyl sites for hydroxylation is 2. The van der Waals surface area contributed by atoms with Crippen LogP contribution in [0.3, 0.4) is 0 Å². The summed E-state index contributed by atoms with van der Waals surface area (Å²) in [6.07, 6.45) is 0.719. The predicted octanol–water partition coefficient (Wildman–Crippen LogP) is 6.37. The first-order valence-corrected chi connectivity index (χ1v) is 12.3. The number of carbonyl (C=O) groups excluding carboxylic acids is 2.